The first-order valence-corrected chi connectivity index (χ1v) is 21.6. The summed E-state index contributed by atoms with van der Waals surface area (Å²) < 4.78 is 49.8. The van der Waals surface area contributed by atoms with Crippen LogP contribution in [0.3, 0.4) is 0 Å². The minimum absolute atomic E-state index is 0.0610. The van der Waals surface area contributed by atoms with Crippen molar-refractivity contribution in [1.82, 2.24) is 15.1 Å². The molecule has 3 aliphatic heterocycles. The van der Waals surface area contributed by atoms with Crippen molar-refractivity contribution in [2.24, 2.45) is 27.5 Å². The number of aliphatic hydroxyl groups excluding tert-OH is 4. The van der Waals surface area contributed by atoms with Gasteiger partial charge in [0.1, 0.15) is 44.6 Å². The van der Waals surface area contributed by atoms with Crippen LogP contribution in [0.25, 0.3) is 0 Å². The van der Waals surface area contributed by atoms with Gasteiger partial charge < -0.3 is 74.1 Å². The van der Waals surface area contributed by atoms with E-state index < -0.39 is 81.1 Å². The first-order valence-electron chi connectivity index (χ1n) is 21.6. The monoisotopic (exact) mass is 941 g/mol. The van der Waals surface area contributed by atoms with E-state index >= 15 is 0 Å². The summed E-state index contributed by atoms with van der Waals surface area (Å²) in [6, 6.07) is -0.451. The van der Waals surface area contributed by atoms with Crippen LogP contribution in [-0.4, -0.2) is 190 Å². The van der Waals surface area contributed by atoms with Crippen molar-refractivity contribution in [3.63, 3.8) is 0 Å². The number of hydrogen-bond donors (Lipinski definition) is 6. The van der Waals surface area contributed by atoms with Crippen LogP contribution in [0.4, 0.5) is 4.79 Å². The Labute approximate surface area is 384 Å². The number of nitrogens with one attached hydrogen (secondary N) is 1. The number of ether oxygens (including phenoxy) is 9. The molecule has 0 aromatic carbocycles. The molecule has 10 atom stereocenters. The SMILES string of the molecule is COC1CC(COCC2(C)CCC2)C(OC2OC(COCC3(C)COC3)C(OC)C(O)C2NC(C)=O)C(O)C1N.N#CCC/C=C1/CC(=O)N(CN=C=O)C(=O)N1COC#N.OCOCO. The van der Waals surface area contributed by atoms with E-state index in [-0.39, 0.29) is 54.9 Å². The molecule has 3 saturated heterocycles. The number of nitrogens with zero attached hydrogens (tertiary/aromatic N) is 5. The summed E-state index contributed by atoms with van der Waals surface area (Å²) >= 11 is 0. The lowest BCUT2D eigenvalue weighted by molar-refractivity contribution is -0.307. The zero-order valence-corrected chi connectivity index (χ0v) is 38.3. The number of nitriles is 2. The predicted octanol–water partition coefficient (Wildman–Crippen LogP) is -0.560. The minimum Gasteiger partial charge on any atom is -0.405 e. The van der Waals surface area contributed by atoms with Crippen LogP contribution in [0.2, 0.25) is 0 Å². The fraction of sp³-hybridized carbons (Fsp3) is 0.810. The van der Waals surface area contributed by atoms with E-state index in [2.05, 4.69) is 33.6 Å². The molecule has 372 valence electrons. The summed E-state index contributed by atoms with van der Waals surface area (Å²) in [5, 5.41) is 57.6. The van der Waals surface area contributed by atoms with E-state index in [1.165, 1.54) is 32.8 Å². The number of isocyanates is 1. The molecule has 2 saturated carbocycles. The summed E-state index contributed by atoms with van der Waals surface area (Å²) in [6.45, 7) is 6.87. The van der Waals surface area contributed by atoms with E-state index in [1.807, 2.05) is 6.07 Å². The Kier molecular flexibility index (Phi) is 24.0. The lowest BCUT2D eigenvalue weighted by atomic mass is 9.71. The molecular weight excluding hydrogens is 874 g/mol. The molecule has 0 aromatic heterocycles. The zero-order chi connectivity index (χ0) is 48.9. The number of carbonyl (C=O) groups is 3. The summed E-state index contributed by atoms with van der Waals surface area (Å²) in [5.74, 6) is -1.15. The highest BCUT2D eigenvalue weighted by Gasteiger charge is 2.51. The van der Waals surface area contributed by atoms with Gasteiger partial charge >= 0.3 is 6.03 Å². The fourth-order valence-electron chi connectivity index (χ4n) is 7.97. The largest absolute Gasteiger partial charge is 0.405 e. The maximum Gasteiger partial charge on any atom is 0.335 e. The Morgan fingerprint density at radius 3 is 2.21 bits per heavy atom. The van der Waals surface area contributed by atoms with Gasteiger partial charge in [-0.25, -0.2) is 14.5 Å². The lowest BCUT2D eigenvalue weighted by Gasteiger charge is -2.48. The van der Waals surface area contributed by atoms with E-state index in [9.17, 15) is 29.4 Å². The minimum atomic E-state index is -1.15. The number of rotatable bonds is 21. The standard InChI is InChI=1S/C28H50N2O10.C12H11N5O4.C2H6O3/c1-16(31)30-21-23(33)25(35-5)19(11-37-13-28(3)14-38-15-28)39-26(21)40-24-17(9-18(34-4)20(29)22(24)32)10-36-12-27(2)7-6-8-27;13-4-2-1-3-10-5-11(19)16(7-15-8-18)12(20)17(10)9-21-6-14;3-1-5-2-4/h17-26,32-33H,6-15,29H2,1-5H3,(H,30,31);3H,1-2,5,7,9H2;3-4H,1-2H2/b;10-3-;. The summed E-state index contributed by atoms with van der Waals surface area (Å²) in [7, 11) is 3.05. The summed E-state index contributed by atoms with van der Waals surface area (Å²) in [4.78, 5) is 51.2. The summed E-state index contributed by atoms with van der Waals surface area (Å²) in [5.41, 5.74) is 6.82. The molecule has 5 fully saturated rings. The molecular formula is C42H67N7O17. The van der Waals surface area contributed by atoms with E-state index in [4.69, 9.17) is 59.6 Å². The average Bonchev–Trinajstić information content (AvgIpc) is 3.26. The first kappa shape index (κ1) is 56.1. The topological polar surface area (TPSA) is 337 Å². The van der Waals surface area contributed by atoms with Gasteiger partial charge in [-0.05, 0) is 31.1 Å². The van der Waals surface area contributed by atoms with Crippen molar-refractivity contribution in [3.8, 4) is 12.3 Å². The average molecular weight is 942 g/mol. The number of allylic oxidation sites excluding steroid dienone is 1. The molecule has 10 unspecified atom stereocenters. The van der Waals surface area contributed by atoms with Crippen LogP contribution >= 0.6 is 0 Å². The van der Waals surface area contributed by atoms with Crippen molar-refractivity contribution in [1.29, 1.82) is 10.5 Å². The Balaban J connectivity index is 0.000000372. The smallest absolute Gasteiger partial charge is 0.335 e. The Morgan fingerprint density at radius 1 is 1.00 bits per heavy atom. The van der Waals surface area contributed by atoms with Crippen molar-refractivity contribution >= 4 is 23.9 Å². The molecule has 3 heterocycles. The molecule has 4 amide bonds. The second-order valence-corrected chi connectivity index (χ2v) is 17.2. The lowest BCUT2D eigenvalue weighted by Crippen LogP contribution is -2.67. The van der Waals surface area contributed by atoms with Crippen molar-refractivity contribution in [2.45, 2.75) is 121 Å². The first-order chi connectivity index (χ1) is 31.6. The molecule has 24 nitrogen and oxygen atoms in total. The molecule has 0 bridgehead atoms. The van der Waals surface area contributed by atoms with Gasteiger partial charge in [0, 0.05) is 44.6 Å². The maximum absolute atomic E-state index is 12.1. The molecule has 0 radical (unpaired) electrons. The van der Waals surface area contributed by atoms with Gasteiger partial charge in [0.2, 0.25) is 17.9 Å². The van der Waals surface area contributed by atoms with Crippen molar-refractivity contribution in [3.05, 3.63) is 11.8 Å². The molecule has 24 heteroatoms. The van der Waals surface area contributed by atoms with Gasteiger partial charge in [-0.3, -0.25) is 14.5 Å². The number of carbonyl (C=O) groups excluding carboxylic acids is 4. The molecule has 7 N–H and O–H groups in total. The number of urea groups is 1. The van der Waals surface area contributed by atoms with Gasteiger partial charge in [0.25, 0.3) is 6.26 Å². The predicted molar refractivity (Wildman–Crippen MR) is 225 cm³/mol. The number of methoxy groups -OCH3 is 2. The van der Waals surface area contributed by atoms with Gasteiger partial charge in [-0.2, -0.15) is 15.5 Å². The van der Waals surface area contributed by atoms with E-state index in [0.29, 0.717) is 51.6 Å². The highest BCUT2D eigenvalue weighted by molar-refractivity contribution is 5.99. The van der Waals surface area contributed by atoms with Gasteiger partial charge in [0.05, 0.1) is 76.5 Å². The third-order valence-electron chi connectivity index (χ3n) is 11.8. The number of aliphatic hydroxyl groups is 4. The van der Waals surface area contributed by atoms with E-state index in [1.54, 1.807) is 13.2 Å². The Hall–Kier alpha value is -4.21. The zero-order valence-electron chi connectivity index (χ0n) is 38.3. The van der Waals surface area contributed by atoms with Gasteiger partial charge in [-0.15, -0.1) is 0 Å². The van der Waals surface area contributed by atoms with Crippen LogP contribution < -0.4 is 11.1 Å². The quantitative estimate of drug-likeness (QED) is 0.0276. The number of aliphatic imine (C=N–C) groups is 1. The molecule has 0 spiro atoms. The number of imide groups is 1. The number of nitrogens with two attached hydrogens (primary N) is 1. The highest BCUT2D eigenvalue weighted by Crippen LogP contribution is 2.41. The Morgan fingerprint density at radius 2 is 1.68 bits per heavy atom. The normalized spacial score (nSPS) is 30.4. The molecule has 66 heavy (non-hydrogen) atoms. The molecule has 5 aliphatic rings. The van der Waals surface area contributed by atoms with Gasteiger partial charge in [0.15, 0.2) is 13.0 Å². The molecule has 0 aromatic rings. The molecule has 2 aliphatic carbocycles. The second-order valence-electron chi connectivity index (χ2n) is 17.2. The van der Waals surface area contributed by atoms with Crippen LogP contribution in [0.5, 0.6) is 0 Å². The van der Waals surface area contributed by atoms with Crippen LogP contribution in [0, 0.1) is 39.6 Å². The third kappa shape index (κ3) is 16.2. The third-order valence-corrected chi connectivity index (χ3v) is 11.8. The van der Waals surface area contributed by atoms with Gasteiger partial charge in [-0.1, -0.05) is 26.3 Å². The molecule has 5 rings (SSSR count). The number of unbranched alkanes of at least 4 members (excludes halogenated alkanes) is 1. The van der Waals surface area contributed by atoms with Crippen LogP contribution in [0.1, 0.15) is 65.7 Å². The maximum atomic E-state index is 12.1. The number of hydrogen-bond acceptors (Lipinski definition) is 21. The van der Waals surface area contributed by atoms with Crippen LogP contribution in [0.15, 0.2) is 16.8 Å². The highest BCUT2D eigenvalue weighted by atomic mass is 16.7. The number of amides is 4. The van der Waals surface area contributed by atoms with Crippen molar-refractivity contribution in [2.75, 3.05) is 80.8 Å². The van der Waals surface area contributed by atoms with E-state index in [0.717, 1.165) is 22.6 Å². The van der Waals surface area contributed by atoms with Crippen molar-refractivity contribution < 1.29 is 82.2 Å². The fourth-order valence-corrected chi connectivity index (χ4v) is 7.97. The van der Waals surface area contributed by atoms with Crippen LogP contribution in [-0.2, 0) is 57.0 Å². The summed E-state index contributed by atoms with van der Waals surface area (Å²) in [6.07, 6.45) is 2.77. The Bertz CT molecular complexity index is 1700. The second kappa shape index (κ2) is 28.2.